The molecule has 15 nitrogen and oxygen atoms in total. The van der Waals surface area contributed by atoms with Crippen LogP contribution >= 0.6 is 0 Å². The van der Waals surface area contributed by atoms with Gasteiger partial charge >= 0.3 is 18.0 Å². The number of methoxy groups -OCH3 is 3. The third kappa shape index (κ3) is 9.42. The molecule has 0 saturated carbocycles. The number of cyclic esters (lactones) is 1. The number of fused-ring (bicyclic) bond motifs is 4. The van der Waals surface area contributed by atoms with Gasteiger partial charge in [-0.05, 0) is 101 Å². The van der Waals surface area contributed by atoms with Gasteiger partial charge in [0.25, 0.3) is 0 Å². The number of imide groups is 1. The Balaban J connectivity index is 1.23. The van der Waals surface area contributed by atoms with Crippen LogP contribution in [0.15, 0.2) is 146 Å². The molecule has 10 rings (SSSR count). The monoisotopic (exact) mass is 1040 g/mol. The van der Waals surface area contributed by atoms with Gasteiger partial charge in [-0.1, -0.05) is 129 Å². The van der Waals surface area contributed by atoms with E-state index < -0.39 is 77.3 Å². The molecule has 7 atom stereocenters. The molecule has 0 unspecified atom stereocenters. The minimum Gasteiger partial charge on any atom is -0.508 e. The molecule has 2 fully saturated rings. The standard InChI is InChI=1S/C62H61N5O10/c1-38(2)52(58(70)76-6)63-61(73)66-48-29-24-39(19-16-31-64(3)36-40-17-10-7-11-18-40)33-47(48)62(60(66)72)51(57(69)65-32-30-44-34-49(74-4)50(75-5)35-45(44)37-65)54-59(71)77-55(42-22-14-9-15-23-42)53(41-20-12-8-13-21-41)67(54)56(62)43-25-27-46(68)28-26-43/h7-15,17-18,20-29,33-35,38,51-56,68H,30-32,36-37H2,1-6H3,(H,63,73)/t51-,52+,53-,54-,55+,56+,62-/m1/s1. The zero-order chi connectivity index (χ0) is 54.1. The maximum atomic E-state index is 16.9. The maximum Gasteiger partial charge on any atom is 0.329 e. The van der Waals surface area contributed by atoms with Crippen LogP contribution in [-0.4, -0.2) is 103 Å². The molecule has 2 N–H and O–H groups in total. The van der Waals surface area contributed by atoms with E-state index in [1.807, 2.05) is 115 Å². The number of ether oxygens (including phenoxy) is 4. The van der Waals surface area contributed by atoms with E-state index in [0.29, 0.717) is 47.7 Å². The van der Waals surface area contributed by atoms with Crippen LogP contribution in [0.25, 0.3) is 0 Å². The third-order valence-corrected chi connectivity index (χ3v) is 15.4. The lowest BCUT2D eigenvalue weighted by Gasteiger charge is -2.46. The van der Waals surface area contributed by atoms with Gasteiger partial charge in [0, 0.05) is 25.2 Å². The first kappa shape index (κ1) is 52.0. The molecule has 0 aliphatic carbocycles. The second-order valence-electron chi connectivity index (χ2n) is 20.4. The average molecular weight is 1040 g/mol. The van der Waals surface area contributed by atoms with E-state index in [1.54, 1.807) is 56.2 Å². The number of nitrogens with zero attached hydrogens (tertiary/aromatic N) is 4. The zero-order valence-corrected chi connectivity index (χ0v) is 43.8. The molecule has 4 heterocycles. The highest BCUT2D eigenvalue weighted by molar-refractivity contribution is 6.25. The number of urea groups is 1. The minimum atomic E-state index is -2.11. The van der Waals surface area contributed by atoms with E-state index in [9.17, 15) is 9.90 Å². The summed E-state index contributed by atoms with van der Waals surface area (Å²) >= 11 is 0. The highest BCUT2D eigenvalue weighted by atomic mass is 16.6. The average Bonchev–Trinajstić information content (AvgIpc) is 3.20. The van der Waals surface area contributed by atoms with E-state index in [4.69, 9.17) is 18.9 Å². The van der Waals surface area contributed by atoms with E-state index in [-0.39, 0.29) is 30.1 Å². The molecule has 4 aliphatic heterocycles. The Morgan fingerprint density at radius 2 is 1.43 bits per heavy atom. The molecular weight excluding hydrogens is 975 g/mol. The summed E-state index contributed by atoms with van der Waals surface area (Å²) in [6.45, 7) is 4.80. The van der Waals surface area contributed by atoms with Crippen LogP contribution < -0.4 is 19.7 Å². The number of phenolic OH excluding ortho intramolecular Hbond substituents is 1. The fourth-order valence-corrected chi connectivity index (χ4v) is 11.9. The topological polar surface area (TPSA) is 167 Å². The highest BCUT2D eigenvalue weighted by Crippen LogP contribution is 2.66. The number of esters is 2. The van der Waals surface area contributed by atoms with Gasteiger partial charge in [0.15, 0.2) is 11.5 Å². The molecule has 1 spiro atoms. The Hall–Kier alpha value is -8.45. The predicted molar refractivity (Wildman–Crippen MR) is 288 cm³/mol. The first-order chi connectivity index (χ1) is 37.3. The van der Waals surface area contributed by atoms with Crippen molar-refractivity contribution in [3.8, 4) is 29.1 Å². The fraction of sp³-hybridized carbons (Fsp3) is 0.306. The van der Waals surface area contributed by atoms with Gasteiger partial charge in [-0.25, -0.2) is 14.5 Å². The number of hydrogen-bond acceptors (Lipinski definition) is 12. The Labute approximate surface area is 448 Å². The first-order valence-corrected chi connectivity index (χ1v) is 25.8. The number of carbonyl (C=O) groups is 5. The second kappa shape index (κ2) is 21.7. The SMILES string of the molecule is COC(=O)[C@@H](NC(=O)N1C(=O)[C@@]2(c3cc(C#CCN(C)Cc4ccccc4)ccc31)[C@H](c1ccc(O)cc1)N1[C@H](c3ccccc3)[C@H](c3ccccc3)OC(=O)[C@H]1[C@@H]2C(=O)N1CCc2cc(OC)c(OC)cc2C1)C(C)C. The van der Waals surface area contributed by atoms with Crippen molar-refractivity contribution in [2.45, 2.75) is 69.0 Å². The van der Waals surface area contributed by atoms with Crippen molar-refractivity contribution >= 4 is 35.5 Å². The van der Waals surface area contributed by atoms with Crippen molar-refractivity contribution in [2.24, 2.45) is 11.8 Å². The Morgan fingerprint density at radius 3 is 2.06 bits per heavy atom. The molecule has 0 aromatic heterocycles. The number of rotatable bonds is 12. The van der Waals surface area contributed by atoms with Crippen LogP contribution in [0.2, 0.25) is 0 Å². The summed E-state index contributed by atoms with van der Waals surface area (Å²) in [5, 5.41) is 13.7. The summed E-state index contributed by atoms with van der Waals surface area (Å²) < 4.78 is 23.2. The molecule has 4 aliphatic rings. The van der Waals surface area contributed by atoms with Crippen molar-refractivity contribution in [1.82, 2.24) is 20.0 Å². The molecule has 15 heteroatoms. The molecule has 2 saturated heterocycles. The number of anilines is 1. The van der Waals surface area contributed by atoms with Crippen LogP contribution in [0.1, 0.15) is 76.5 Å². The normalized spacial score (nSPS) is 21.8. The fourth-order valence-electron chi connectivity index (χ4n) is 11.9. The molecule has 394 valence electrons. The van der Waals surface area contributed by atoms with Crippen LogP contribution in [0.5, 0.6) is 17.2 Å². The largest absolute Gasteiger partial charge is 0.508 e. The number of aromatic hydroxyl groups is 1. The highest BCUT2D eigenvalue weighted by Gasteiger charge is 2.76. The van der Waals surface area contributed by atoms with Crippen molar-refractivity contribution in [2.75, 3.05) is 46.4 Å². The van der Waals surface area contributed by atoms with Gasteiger partial charge in [-0.3, -0.25) is 24.2 Å². The lowest BCUT2D eigenvalue weighted by atomic mass is 9.64. The second-order valence-corrected chi connectivity index (χ2v) is 20.4. The smallest absolute Gasteiger partial charge is 0.329 e. The summed E-state index contributed by atoms with van der Waals surface area (Å²) in [7, 11) is 6.29. The molecule has 6 aromatic rings. The predicted octanol–water partition coefficient (Wildman–Crippen LogP) is 8.05. The van der Waals surface area contributed by atoms with Crippen molar-refractivity contribution < 1.29 is 48.0 Å². The summed E-state index contributed by atoms with van der Waals surface area (Å²) in [4.78, 5) is 84.6. The molecule has 0 bridgehead atoms. The van der Waals surface area contributed by atoms with Gasteiger partial charge < -0.3 is 34.3 Å². The maximum absolute atomic E-state index is 16.9. The lowest BCUT2D eigenvalue weighted by molar-refractivity contribution is -0.179. The Morgan fingerprint density at radius 1 is 0.792 bits per heavy atom. The van der Waals surface area contributed by atoms with Crippen LogP contribution in [0.4, 0.5) is 10.5 Å². The Kier molecular flexibility index (Phi) is 14.6. The summed E-state index contributed by atoms with van der Waals surface area (Å²) in [5.74, 6) is 2.75. The van der Waals surface area contributed by atoms with E-state index >= 15 is 19.2 Å². The summed E-state index contributed by atoms with van der Waals surface area (Å²) in [6.07, 6.45) is -0.546. The Bertz CT molecular complexity index is 3270. The van der Waals surface area contributed by atoms with Crippen LogP contribution in [0, 0.1) is 23.7 Å². The van der Waals surface area contributed by atoms with Gasteiger partial charge in [0.1, 0.15) is 29.4 Å². The molecule has 6 aromatic carbocycles. The minimum absolute atomic E-state index is 0.0553. The van der Waals surface area contributed by atoms with Gasteiger partial charge in [0.2, 0.25) is 11.8 Å². The zero-order valence-electron chi connectivity index (χ0n) is 43.8. The quantitative estimate of drug-likeness (QED) is 0.0896. The number of hydrogen-bond donors (Lipinski definition) is 2. The van der Waals surface area contributed by atoms with Crippen LogP contribution in [0.3, 0.4) is 0 Å². The molecule has 4 amide bonds. The van der Waals surface area contributed by atoms with Crippen LogP contribution in [-0.2, 0) is 53.6 Å². The molecular formula is C62H61N5O10. The number of morpholine rings is 1. The van der Waals surface area contributed by atoms with Crippen molar-refractivity contribution in [3.63, 3.8) is 0 Å². The van der Waals surface area contributed by atoms with Crippen molar-refractivity contribution in [1.29, 1.82) is 0 Å². The molecule has 77 heavy (non-hydrogen) atoms. The van der Waals surface area contributed by atoms with Gasteiger partial charge in [-0.15, -0.1) is 0 Å². The number of carbonyl (C=O) groups excluding carboxylic acids is 5. The third-order valence-electron chi connectivity index (χ3n) is 15.4. The van der Waals surface area contributed by atoms with Gasteiger partial charge in [-0.2, -0.15) is 0 Å². The number of nitrogens with one attached hydrogen (secondary N) is 1. The van der Waals surface area contributed by atoms with E-state index in [0.717, 1.165) is 27.2 Å². The first-order valence-electron chi connectivity index (χ1n) is 25.8. The number of benzene rings is 6. The number of amides is 4. The molecule has 0 radical (unpaired) electrons. The van der Waals surface area contributed by atoms with Gasteiger partial charge in [0.05, 0.1) is 51.6 Å². The van der Waals surface area contributed by atoms with Crippen molar-refractivity contribution in [3.05, 3.63) is 190 Å². The number of phenols is 1. The summed E-state index contributed by atoms with van der Waals surface area (Å²) in [5.41, 5.74) is 3.51. The van der Waals surface area contributed by atoms with E-state index in [2.05, 4.69) is 22.1 Å². The lowest BCUT2D eigenvalue weighted by Crippen LogP contribution is -2.58. The van der Waals surface area contributed by atoms with E-state index in [1.165, 1.54) is 26.4 Å². The summed E-state index contributed by atoms with van der Waals surface area (Å²) in [6, 6.07) is 38.6.